The molecule has 2 aliphatic rings. The zero-order valence-electron chi connectivity index (χ0n) is 15.7. The highest BCUT2D eigenvalue weighted by atomic mass is 16.6. The fraction of sp³-hybridized carbons (Fsp3) is 0.364. The second kappa shape index (κ2) is 7.64. The van der Waals surface area contributed by atoms with Crippen LogP contribution in [0.15, 0.2) is 48.5 Å². The van der Waals surface area contributed by atoms with Crippen LogP contribution in [0.25, 0.3) is 11.1 Å². The highest BCUT2D eigenvalue weighted by Gasteiger charge is 2.38. The van der Waals surface area contributed by atoms with Crippen molar-refractivity contribution in [3.63, 3.8) is 0 Å². The summed E-state index contributed by atoms with van der Waals surface area (Å²) in [5.74, 6) is -0.951. The highest BCUT2D eigenvalue weighted by Crippen LogP contribution is 2.44. The topological polar surface area (TPSA) is 76.1 Å². The van der Waals surface area contributed by atoms with Gasteiger partial charge in [-0.2, -0.15) is 0 Å². The average molecular weight is 381 g/mol. The predicted molar refractivity (Wildman–Crippen MR) is 103 cm³/mol. The molecular weight excluding hydrogens is 358 g/mol. The zero-order valence-corrected chi connectivity index (χ0v) is 15.7. The van der Waals surface area contributed by atoms with Crippen molar-refractivity contribution in [2.75, 3.05) is 20.3 Å². The maximum absolute atomic E-state index is 12.7. The van der Waals surface area contributed by atoms with Gasteiger partial charge in [0.1, 0.15) is 6.61 Å². The largest absolute Gasteiger partial charge is 0.481 e. The summed E-state index contributed by atoms with van der Waals surface area (Å²) in [7, 11) is 1.57. The summed E-state index contributed by atoms with van der Waals surface area (Å²) in [4.78, 5) is 25.4. The van der Waals surface area contributed by atoms with Gasteiger partial charge >= 0.3 is 12.1 Å². The van der Waals surface area contributed by atoms with Crippen molar-refractivity contribution in [2.45, 2.75) is 30.9 Å². The third-order valence-corrected chi connectivity index (χ3v) is 5.69. The molecule has 1 N–H and O–H groups in total. The molecule has 2 aromatic rings. The van der Waals surface area contributed by atoms with Crippen LogP contribution in [-0.4, -0.2) is 54.5 Å². The molecule has 1 heterocycles. The van der Waals surface area contributed by atoms with E-state index >= 15 is 0 Å². The van der Waals surface area contributed by atoms with E-state index in [1.807, 2.05) is 24.3 Å². The Labute approximate surface area is 163 Å². The number of ether oxygens (including phenoxy) is 2. The minimum absolute atomic E-state index is 0.0184. The molecule has 1 fully saturated rings. The van der Waals surface area contributed by atoms with Crippen molar-refractivity contribution in [1.29, 1.82) is 0 Å². The molecule has 0 aromatic heterocycles. The van der Waals surface area contributed by atoms with Crippen LogP contribution in [-0.2, 0) is 14.3 Å². The summed E-state index contributed by atoms with van der Waals surface area (Å²) in [6, 6.07) is 15.9. The van der Waals surface area contributed by atoms with E-state index in [9.17, 15) is 9.59 Å². The first-order valence-electron chi connectivity index (χ1n) is 9.44. The molecule has 28 heavy (non-hydrogen) atoms. The van der Waals surface area contributed by atoms with Gasteiger partial charge in [-0.05, 0) is 28.7 Å². The molecular formula is C22H23NO5. The predicted octanol–water partition coefficient (Wildman–Crippen LogP) is 3.50. The number of carbonyl (C=O) groups is 2. The Bertz CT molecular complexity index is 851. The van der Waals surface area contributed by atoms with Gasteiger partial charge in [0.15, 0.2) is 0 Å². The van der Waals surface area contributed by atoms with Crippen molar-refractivity contribution in [3.8, 4) is 11.1 Å². The minimum Gasteiger partial charge on any atom is -0.481 e. The number of benzene rings is 2. The van der Waals surface area contributed by atoms with Gasteiger partial charge in [0.05, 0.1) is 19.1 Å². The summed E-state index contributed by atoms with van der Waals surface area (Å²) < 4.78 is 11.0. The van der Waals surface area contributed by atoms with E-state index in [1.165, 1.54) is 16.0 Å². The SMILES string of the molecule is CO[C@H]1C[C@@H](CC(=O)O)N(C(=O)OCC2c3ccccc3-c3ccccc32)C1. The lowest BCUT2D eigenvalue weighted by molar-refractivity contribution is -0.138. The second-order valence-corrected chi connectivity index (χ2v) is 7.30. The highest BCUT2D eigenvalue weighted by molar-refractivity contribution is 5.79. The van der Waals surface area contributed by atoms with E-state index in [0.717, 1.165) is 11.1 Å². The molecule has 2 atom stereocenters. The molecule has 0 unspecified atom stereocenters. The average Bonchev–Trinajstić information content (AvgIpc) is 3.25. The number of hydrogen-bond acceptors (Lipinski definition) is 4. The number of rotatable bonds is 5. The monoisotopic (exact) mass is 381 g/mol. The molecule has 0 saturated carbocycles. The Morgan fingerprint density at radius 2 is 1.68 bits per heavy atom. The van der Waals surface area contributed by atoms with Gasteiger partial charge in [0.25, 0.3) is 0 Å². The van der Waals surface area contributed by atoms with E-state index in [2.05, 4.69) is 24.3 Å². The number of nitrogens with zero attached hydrogens (tertiary/aromatic N) is 1. The summed E-state index contributed by atoms with van der Waals surface area (Å²) in [6.07, 6.45) is -0.241. The van der Waals surface area contributed by atoms with Crippen molar-refractivity contribution in [1.82, 2.24) is 4.90 Å². The van der Waals surface area contributed by atoms with Gasteiger partial charge in [-0.25, -0.2) is 4.79 Å². The van der Waals surface area contributed by atoms with Crippen LogP contribution in [0.2, 0.25) is 0 Å². The molecule has 6 nitrogen and oxygen atoms in total. The van der Waals surface area contributed by atoms with Crippen LogP contribution in [0.5, 0.6) is 0 Å². The number of carboxylic acids is 1. The first-order chi connectivity index (χ1) is 13.6. The second-order valence-electron chi connectivity index (χ2n) is 7.30. The lowest BCUT2D eigenvalue weighted by atomic mass is 9.98. The molecule has 0 spiro atoms. The number of carboxylic acid groups (broad SMARTS) is 1. The Kier molecular flexibility index (Phi) is 5.05. The third kappa shape index (κ3) is 3.36. The first kappa shape index (κ1) is 18.5. The molecule has 1 aliphatic heterocycles. The van der Waals surface area contributed by atoms with E-state index in [-0.39, 0.29) is 25.0 Å². The Morgan fingerprint density at radius 3 is 2.25 bits per heavy atom. The van der Waals surface area contributed by atoms with E-state index in [4.69, 9.17) is 14.6 Å². The van der Waals surface area contributed by atoms with Crippen LogP contribution in [0.1, 0.15) is 29.9 Å². The summed E-state index contributed by atoms with van der Waals surface area (Å²) in [6.45, 7) is 0.575. The van der Waals surface area contributed by atoms with Crippen molar-refractivity contribution in [3.05, 3.63) is 59.7 Å². The zero-order chi connectivity index (χ0) is 19.7. The van der Waals surface area contributed by atoms with Crippen molar-refractivity contribution < 1.29 is 24.2 Å². The Morgan fingerprint density at radius 1 is 1.07 bits per heavy atom. The number of hydrogen-bond donors (Lipinski definition) is 1. The van der Waals surface area contributed by atoms with Crippen molar-refractivity contribution >= 4 is 12.1 Å². The molecule has 146 valence electrons. The molecule has 1 aliphatic carbocycles. The van der Waals surface area contributed by atoms with E-state index in [1.54, 1.807) is 7.11 Å². The molecule has 1 saturated heterocycles. The van der Waals surface area contributed by atoms with Crippen molar-refractivity contribution in [2.24, 2.45) is 0 Å². The lowest BCUT2D eigenvalue weighted by Crippen LogP contribution is -2.38. The summed E-state index contributed by atoms with van der Waals surface area (Å²) in [5.41, 5.74) is 4.64. The third-order valence-electron chi connectivity index (χ3n) is 5.69. The maximum atomic E-state index is 12.7. The van der Waals surface area contributed by atoms with Gasteiger partial charge in [0.2, 0.25) is 0 Å². The van der Waals surface area contributed by atoms with Crippen LogP contribution < -0.4 is 0 Å². The minimum atomic E-state index is -0.932. The number of methoxy groups -OCH3 is 1. The van der Waals surface area contributed by atoms with Gasteiger partial charge in [-0.3, -0.25) is 4.79 Å². The van der Waals surface area contributed by atoms with Crippen LogP contribution in [0.4, 0.5) is 4.79 Å². The fourth-order valence-corrected chi connectivity index (χ4v) is 4.34. The van der Waals surface area contributed by atoms with Crippen LogP contribution >= 0.6 is 0 Å². The van der Waals surface area contributed by atoms with Gasteiger partial charge in [0, 0.05) is 19.1 Å². The number of fused-ring (bicyclic) bond motifs is 3. The molecule has 0 bridgehead atoms. The van der Waals surface area contributed by atoms with Gasteiger partial charge in [-0.15, -0.1) is 0 Å². The summed E-state index contributed by atoms with van der Waals surface area (Å²) in [5, 5.41) is 9.13. The number of likely N-dealkylation sites (tertiary alicyclic amines) is 1. The van der Waals surface area contributed by atoms with Crippen LogP contribution in [0.3, 0.4) is 0 Å². The molecule has 4 rings (SSSR count). The maximum Gasteiger partial charge on any atom is 0.410 e. The normalized spacial score (nSPS) is 20.7. The Hall–Kier alpha value is -2.86. The number of carbonyl (C=O) groups excluding carboxylic acids is 1. The quantitative estimate of drug-likeness (QED) is 0.858. The molecule has 0 radical (unpaired) electrons. The van der Waals surface area contributed by atoms with E-state index < -0.39 is 18.1 Å². The summed E-state index contributed by atoms with van der Waals surface area (Å²) >= 11 is 0. The lowest BCUT2D eigenvalue weighted by Gasteiger charge is -2.24. The standard InChI is InChI=1S/C22H23NO5/c1-27-15-10-14(11-21(24)25)23(12-15)22(26)28-13-20-18-8-4-2-6-16(18)17-7-3-5-9-19(17)20/h2-9,14-15,20H,10-13H2,1H3,(H,24,25)/t14-,15-/m0/s1. The molecule has 6 heteroatoms. The fourth-order valence-electron chi connectivity index (χ4n) is 4.34. The number of amides is 1. The van der Waals surface area contributed by atoms with Gasteiger partial charge in [-0.1, -0.05) is 48.5 Å². The van der Waals surface area contributed by atoms with E-state index in [0.29, 0.717) is 13.0 Å². The molecule has 1 amide bonds. The van der Waals surface area contributed by atoms with Gasteiger partial charge < -0.3 is 19.5 Å². The van der Waals surface area contributed by atoms with Crippen LogP contribution in [0, 0.1) is 0 Å². The Balaban J connectivity index is 1.50. The smallest absolute Gasteiger partial charge is 0.410 e. The number of aliphatic carboxylic acids is 1. The first-order valence-corrected chi connectivity index (χ1v) is 9.44. The molecule has 2 aromatic carbocycles.